The zero-order valence-electron chi connectivity index (χ0n) is 15.9. The van der Waals surface area contributed by atoms with E-state index in [1.165, 1.54) is 0 Å². The summed E-state index contributed by atoms with van der Waals surface area (Å²) >= 11 is 0. The van der Waals surface area contributed by atoms with Gasteiger partial charge in [0.25, 0.3) is 0 Å². The molecular weight excluding hydrogens is 314 g/mol. The molecule has 0 aromatic heterocycles. The molecule has 1 aliphatic rings. The summed E-state index contributed by atoms with van der Waals surface area (Å²) in [5.41, 5.74) is 1.16. The number of hydrogen-bond acceptors (Lipinski definition) is 4. The van der Waals surface area contributed by atoms with Crippen LogP contribution in [0.25, 0.3) is 0 Å². The fourth-order valence-electron chi connectivity index (χ4n) is 2.96. The van der Waals surface area contributed by atoms with Crippen LogP contribution in [0.2, 0.25) is 0 Å². The lowest BCUT2D eigenvalue weighted by Gasteiger charge is -2.35. The van der Waals surface area contributed by atoms with Gasteiger partial charge in [-0.25, -0.2) is 0 Å². The molecule has 1 aromatic rings. The van der Waals surface area contributed by atoms with Gasteiger partial charge in [-0.05, 0) is 18.5 Å². The Balaban J connectivity index is 1.87. The Bertz CT molecular complexity index is 499. The van der Waals surface area contributed by atoms with Crippen molar-refractivity contribution in [3.05, 3.63) is 35.9 Å². The van der Waals surface area contributed by atoms with E-state index < -0.39 is 0 Å². The van der Waals surface area contributed by atoms with E-state index in [2.05, 4.69) is 48.1 Å². The topological polar surface area (TPSA) is 44.8 Å². The Morgan fingerprint density at radius 2 is 1.84 bits per heavy atom. The third-order valence-electron chi connectivity index (χ3n) is 4.50. The Morgan fingerprint density at radius 3 is 2.48 bits per heavy atom. The number of ether oxygens (including phenoxy) is 1. The molecule has 1 fully saturated rings. The smallest absolute Gasteiger partial charge is 0.222 e. The summed E-state index contributed by atoms with van der Waals surface area (Å²) in [7, 11) is 2.16. The highest BCUT2D eigenvalue weighted by molar-refractivity contribution is 5.76. The van der Waals surface area contributed by atoms with Crippen LogP contribution in [0.5, 0.6) is 0 Å². The summed E-state index contributed by atoms with van der Waals surface area (Å²) in [5.74, 6) is 0.559. The van der Waals surface area contributed by atoms with Gasteiger partial charge in [-0.2, -0.15) is 0 Å². The summed E-state index contributed by atoms with van der Waals surface area (Å²) in [6.45, 7) is 10.5. The lowest BCUT2D eigenvalue weighted by Crippen LogP contribution is -2.47. The zero-order valence-corrected chi connectivity index (χ0v) is 15.9. The molecule has 0 aliphatic carbocycles. The molecule has 1 atom stereocenters. The number of carbonyl (C=O) groups is 1. The summed E-state index contributed by atoms with van der Waals surface area (Å²) in [6.07, 6.45) is 0.415. The minimum absolute atomic E-state index is 0.0298. The molecular formula is C20H33N3O2. The second-order valence-corrected chi connectivity index (χ2v) is 7.35. The molecule has 0 unspecified atom stereocenters. The van der Waals surface area contributed by atoms with Crippen molar-refractivity contribution in [2.75, 3.05) is 53.0 Å². The van der Waals surface area contributed by atoms with Crippen molar-refractivity contribution in [2.24, 2.45) is 5.92 Å². The van der Waals surface area contributed by atoms with Crippen LogP contribution < -0.4 is 5.32 Å². The molecule has 25 heavy (non-hydrogen) atoms. The molecule has 0 spiro atoms. The largest absolute Gasteiger partial charge is 0.381 e. The highest BCUT2D eigenvalue weighted by Gasteiger charge is 2.21. The van der Waals surface area contributed by atoms with Crippen molar-refractivity contribution in [1.29, 1.82) is 0 Å². The monoisotopic (exact) mass is 347 g/mol. The number of amides is 1. The Hall–Kier alpha value is -1.43. The van der Waals surface area contributed by atoms with Gasteiger partial charge in [0.2, 0.25) is 5.91 Å². The standard InChI is InChI=1S/C20H33N3O2/c1-17(2)16-25-14-9-20(24)21-19(18-7-5-4-6-8-18)15-23-12-10-22(3)11-13-23/h4-8,17,19H,9-16H2,1-3H3,(H,21,24)/t19-/m0/s1. The van der Waals surface area contributed by atoms with Gasteiger partial charge in [0.1, 0.15) is 0 Å². The molecule has 0 saturated carbocycles. The first-order valence-corrected chi connectivity index (χ1v) is 9.37. The number of carbonyl (C=O) groups excluding carboxylic acids is 1. The van der Waals surface area contributed by atoms with Crippen molar-refractivity contribution < 1.29 is 9.53 Å². The first-order valence-electron chi connectivity index (χ1n) is 9.37. The van der Waals surface area contributed by atoms with Crippen molar-refractivity contribution >= 4 is 5.91 Å². The average molecular weight is 348 g/mol. The van der Waals surface area contributed by atoms with Gasteiger partial charge >= 0.3 is 0 Å². The number of piperazine rings is 1. The van der Waals surface area contributed by atoms with Crippen LogP contribution in [0.15, 0.2) is 30.3 Å². The summed E-state index contributed by atoms with van der Waals surface area (Å²) in [6, 6.07) is 10.3. The fraction of sp³-hybridized carbons (Fsp3) is 0.650. The van der Waals surface area contributed by atoms with Crippen LogP contribution in [0.3, 0.4) is 0 Å². The maximum atomic E-state index is 12.3. The molecule has 1 heterocycles. The normalized spacial score (nSPS) is 17.6. The average Bonchev–Trinajstić information content (AvgIpc) is 2.60. The molecule has 1 aromatic carbocycles. The van der Waals surface area contributed by atoms with Gasteiger partial charge in [0.15, 0.2) is 0 Å². The van der Waals surface area contributed by atoms with E-state index in [0.29, 0.717) is 25.6 Å². The molecule has 5 heteroatoms. The van der Waals surface area contributed by atoms with Crippen molar-refractivity contribution in [3.8, 4) is 0 Å². The first-order chi connectivity index (χ1) is 12.0. The second kappa shape index (κ2) is 10.5. The maximum absolute atomic E-state index is 12.3. The third kappa shape index (κ3) is 7.55. The molecule has 2 rings (SSSR count). The molecule has 1 N–H and O–H groups in total. The molecule has 1 amide bonds. The fourth-order valence-corrected chi connectivity index (χ4v) is 2.96. The van der Waals surface area contributed by atoms with Gasteiger partial charge < -0.3 is 15.0 Å². The lowest BCUT2D eigenvalue weighted by molar-refractivity contribution is -0.123. The Morgan fingerprint density at radius 1 is 1.16 bits per heavy atom. The van der Waals surface area contributed by atoms with Crippen LogP contribution in [0.1, 0.15) is 31.9 Å². The molecule has 140 valence electrons. The van der Waals surface area contributed by atoms with Crippen LogP contribution in [-0.2, 0) is 9.53 Å². The van der Waals surface area contributed by atoms with Gasteiger partial charge in [-0.3, -0.25) is 9.69 Å². The van der Waals surface area contributed by atoms with Gasteiger partial charge in [-0.1, -0.05) is 44.2 Å². The van der Waals surface area contributed by atoms with Crippen molar-refractivity contribution in [2.45, 2.75) is 26.3 Å². The van der Waals surface area contributed by atoms with Gasteiger partial charge in [0.05, 0.1) is 12.6 Å². The minimum Gasteiger partial charge on any atom is -0.381 e. The van der Waals surface area contributed by atoms with E-state index in [9.17, 15) is 4.79 Å². The van der Waals surface area contributed by atoms with E-state index in [4.69, 9.17) is 4.74 Å². The molecule has 1 aliphatic heterocycles. The van der Waals surface area contributed by atoms with Crippen LogP contribution in [-0.4, -0.2) is 68.7 Å². The Kier molecular flexibility index (Phi) is 8.38. The highest BCUT2D eigenvalue weighted by atomic mass is 16.5. The number of likely N-dealkylation sites (N-methyl/N-ethyl adjacent to an activating group) is 1. The van der Waals surface area contributed by atoms with E-state index in [0.717, 1.165) is 38.3 Å². The van der Waals surface area contributed by atoms with E-state index in [-0.39, 0.29) is 11.9 Å². The summed E-state index contributed by atoms with van der Waals surface area (Å²) < 4.78 is 5.54. The van der Waals surface area contributed by atoms with E-state index in [1.807, 2.05) is 18.2 Å². The first kappa shape index (κ1) is 19.9. The van der Waals surface area contributed by atoms with Crippen LogP contribution in [0.4, 0.5) is 0 Å². The molecule has 1 saturated heterocycles. The number of rotatable bonds is 9. The lowest BCUT2D eigenvalue weighted by atomic mass is 10.1. The number of hydrogen-bond donors (Lipinski definition) is 1. The van der Waals surface area contributed by atoms with E-state index in [1.54, 1.807) is 0 Å². The van der Waals surface area contributed by atoms with Gasteiger partial charge in [-0.15, -0.1) is 0 Å². The van der Waals surface area contributed by atoms with Gasteiger partial charge in [0, 0.05) is 45.8 Å². The number of benzene rings is 1. The third-order valence-corrected chi connectivity index (χ3v) is 4.50. The number of nitrogens with zero attached hydrogens (tertiary/aromatic N) is 2. The predicted molar refractivity (Wildman–Crippen MR) is 102 cm³/mol. The zero-order chi connectivity index (χ0) is 18.1. The minimum atomic E-state index is 0.0298. The Labute approximate surface area is 152 Å². The number of nitrogens with one attached hydrogen (secondary N) is 1. The SMILES string of the molecule is CC(C)COCCC(=O)N[C@@H](CN1CCN(C)CC1)c1ccccc1. The summed E-state index contributed by atoms with van der Waals surface area (Å²) in [5, 5.41) is 3.21. The predicted octanol–water partition coefficient (Wildman–Crippen LogP) is 2.15. The quantitative estimate of drug-likeness (QED) is 0.695. The van der Waals surface area contributed by atoms with E-state index >= 15 is 0 Å². The maximum Gasteiger partial charge on any atom is 0.222 e. The second-order valence-electron chi connectivity index (χ2n) is 7.35. The van der Waals surface area contributed by atoms with Crippen molar-refractivity contribution in [3.63, 3.8) is 0 Å². The molecule has 0 radical (unpaired) electrons. The molecule has 5 nitrogen and oxygen atoms in total. The van der Waals surface area contributed by atoms with Crippen LogP contribution >= 0.6 is 0 Å². The molecule has 0 bridgehead atoms. The highest BCUT2D eigenvalue weighted by Crippen LogP contribution is 2.15. The van der Waals surface area contributed by atoms with Crippen LogP contribution in [0, 0.1) is 5.92 Å². The van der Waals surface area contributed by atoms with Crippen molar-refractivity contribution in [1.82, 2.24) is 15.1 Å². The summed E-state index contributed by atoms with van der Waals surface area (Å²) in [4.78, 5) is 17.1.